The number of ether oxygens (including phenoxy) is 1. The Labute approximate surface area is 209 Å². The van der Waals surface area contributed by atoms with Gasteiger partial charge in [0.05, 0.1) is 23.8 Å². The highest BCUT2D eigenvalue weighted by Crippen LogP contribution is 2.41. The minimum absolute atomic E-state index is 0.0115. The molecular formula is C29H27NO6. The molecule has 1 amide bonds. The number of carbonyl (C=O) groups is 3. The van der Waals surface area contributed by atoms with Gasteiger partial charge in [-0.05, 0) is 67.8 Å². The zero-order valence-electron chi connectivity index (χ0n) is 20.3. The summed E-state index contributed by atoms with van der Waals surface area (Å²) in [6.45, 7) is 5.77. The average Bonchev–Trinajstić information content (AvgIpc) is 3.11. The van der Waals surface area contributed by atoms with Crippen molar-refractivity contribution in [3.8, 4) is 5.75 Å². The predicted octanol–water partition coefficient (Wildman–Crippen LogP) is 4.81. The first-order chi connectivity index (χ1) is 17.2. The molecule has 0 aliphatic carbocycles. The molecule has 3 aromatic carbocycles. The summed E-state index contributed by atoms with van der Waals surface area (Å²) in [7, 11) is 0. The smallest absolute Gasteiger partial charge is 0.338 e. The van der Waals surface area contributed by atoms with Gasteiger partial charge >= 0.3 is 5.97 Å². The highest BCUT2D eigenvalue weighted by molar-refractivity contribution is 6.46. The van der Waals surface area contributed by atoms with E-state index in [2.05, 4.69) is 0 Å². The largest absolute Gasteiger partial charge is 0.508 e. The topological polar surface area (TPSA) is 104 Å². The Bertz CT molecular complexity index is 1360. The summed E-state index contributed by atoms with van der Waals surface area (Å²) in [5.41, 5.74) is 3.79. The number of hydrogen-bond acceptors (Lipinski definition) is 6. The molecule has 1 atom stereocenters. The zero-order valence-corrected chi connectivity index (χ0v) is 20.3. The molecule has 1 unspecified atom stereocenters. The van der Waals surface area contributed by atoms with Crippen molar-refractivity contribution in [2.24, 2.45) is 0 Å². The molecule has 36 heavy (non-hydrogen) atoms. The van der Waals surface area contributed by atoms with Gasteiger partial charge in [0, 0.05) is 12.1 Å². The molecule has 7 nitrogen and oxygen atoms in total. The van der Waals surface area contributed by atoms with E-state index in [4.69, 9.17) is 4.74 Å². The monoisotopic (exact) mass is 485 g/mol. The number of aliphatic hydroxyl groups is 1. The third-order valence-corrected chi connectivity index (χ3v) is 6.21. The van der Waals surface area contributed by atoms with E-state index < -0.39 is 23.7 Å². The SMILES string of the molecule is CCOC(=O)c1ccc(CN2C(=O)C(=O)/C(=C(/O)c3cc(C)ccc3C)C2c2ccc(O)cc2)cc1. The Morgan fingerprint density at radius 2 is 1.64 bits per heavy atom. The van der Waals surface area contributed by atoms with Gasteiger partial charge in [0.2, 0.25) is 0 Å². The van der Waals surface area contributed by atoms with Crippen molar-refractivity contribution in [3.63, 3.8) is 0 Å². The summed E-state index contributed by atoms with van der Waals surface area (Å²) in [4.78, 5) is 39.9. The molecule has 184 valence electrons. The Morgan fingerprint density at radius 1 is 0.972 bits per heavy atom. The van der Waals surface area contributed by atoms with Crippen molar-refractivity contribution in [1.82, 2.24) is 4.90 Å². The van der Waals surface area contributed by atoms with Crippen LogP contribution in [0.5, 0.6) is 5.75 Å². The summed E-state index contributed by atoms with van der Waals surface area (Å²) in [6.07, 6.45) is 0. The van der Waals surface area contributed by atoms with Gasteiger partial charge in [-0.3, -0.25) is 9.59 Å². The molecule has 4 rings (SSSR count). The lowest BCUT2D eigenvalue weighted by atomic mass is 9.93. The number of nitrogens with zero attached hydrogens (tertiary/aromatic N) is 1. The van der Waals surface area contributed by atoms with Crippen molar-refractivity contribution >= 4 is 23.4 Å². The van der Waals surface area contributed by atoms with E-state index in [1.54, 1.807) is 49.4 Å². The van der Waals surface area contributed by atoms with E-state index in [-0.39, 0.29) is 30.2 Å². The summed E-state index contributed by atoms with van der Waals surface area (Å²) < 4.78 is 5.01. The Balaban J connectivity index is 1.79. The van der Waals surface area contributed by atoms with Crippen LogP contribution >= 0.6 is 0 Å². The van der Waals surface area contributed by atoms with Crippen LogP contribution in [-0.2, 0) is 20.9 Å². The lowest BCUT2D eigenvalue weighted by Gasteiger charge is -2.25. The number of benzene rings is 3. The first-order valence-electron chi connectivity index (χ1n) is 11.6. The van der Waals surface area contributed by atoms with E-state index in [1.165, 1.54) is 17.0 Å². The molecule has 0 radical (unpaired) electrons. The lowest BCUT2D eigenvalue weighted by molar-refractivity contribution is -0.140. The van der Waals surface area contributed by atoms with Crippen molar-refractivity contribution in [2.75, 3.05) is 6.61 Å². The normalized spacial score (nSPS) is 16.9. The minimum Gasteiger partial charge on any atom is -0.508 e. The summed E-state index contributed by atoms with van der Waals surface area (Å²) >= 11 is 0. The van der Waals surface area contributed by atoms with Crippen LogP contribution in [0.25, 0.3) is 5.76 Å². The number of esters is 1. The van der Waals surface area contributed by atoms with Crippen LogP contribution in [0.3, 0.4) is 0 Å². The number of amides is 1. The molecule has 1 fully saturated rings. The third-order valence-electron chi connectivity index (χ3n) is 6.21. The molecule has 0 bridgehead atoms. The standard InChI is InChI=1S/C29H27NO6/c1-4-36-29(35)21-9-7-19(8-10-21)16-30-25(20-11-13-22(31)14-12-20)24(27(33)28(30)34)26(32)23-15-17(2)5-6-18(23)3/h5-15,25,31-32H,4,16H2,1-3H3/b26-24+. The number of aryl methyl sites for hydroxylation is 2. The molecule has 0 aromatic heterocycles. The van der Waals surface area contributed by atoms with E-state index >= 15 is 0 Å². The van der Waals surface area contributed by atoms with Crippen LogP contribution in [0.2, 0.25) is 0 Å². The molecule has 3 aromatic rings. The van der Waals surface area contributed by atoms with Crippen LogP contribution in [0.15, 0.2) is 72.3 Å². The van der Waals surface area contributed by atoms with Gasteiger partial charge < -0.3 is 19.8 Å². The second-order valence-corrected chi connectivity index (χ2v) is 8.75. The lowest BCUT2D eigenvalue weighted by Crippen LogP contribution is -2.29. The molecule has 1 aliphatic heterocycles. The minimum atomic E-state index is -0.866. The molecule has 1 aliphatic rings. The zero-order chi connectivity index (χ0) is 26.0. The number of aliphatic hydroxyl groups excluding tert-OH is 1. The van der Waals surface area contributed by atoms with Gasteiger partial charge in [-0.2, -0.15) is 0 Å². The number of phenolic OH excluding ortho intramolecular Hbond substituents is 1. The fraction of sp³-hybridized carbons (Fsp3) is 0.207. The highest BCUT2D eigenvalue weighted by atomic mass is 16.5. The van der Waals surface area contributed by atoms with Gasteiger partial charge in [0.1, 0.15) is 11.5 Å². The maximum Gasteiger partial charge on any atom is 0.338 e. The number of likely N-dealkylation sites (tertiary alicyclic amines) is 1. The molecule has 1 saturated heterocycles. The Hall–Kier alpha value is -4.39. The number of carbonyl (C=O) groups excluding carboxylic acids is 3. The van der Waals surface area contributed by atoms with Crippen molar-refractivity contribution in [3.05, 3.63) is 106 Å². The van der Waals surface area contributed by atoms with E-state index in [1.807, 2.05) is 26.0 Å². The van der Waals surface area contributed by atoms with E-state index in [0.29, 0.717) is 22.3 Å². The molecule has 0 saturated carbocycles. The van der Waals surface area contributed by atoms with Crippen molar-refractivity contribution in [1.29, 1.82) is 0 Å². The number of hydrogen-bond donors (Lipinski definition) is 2. The fourth-order valence-electron chi connectivity index (χ4n) is 4.34. The first kappa shape index (κ1) is 24.7. The number of ketones is 1. The van der Waals surface area contributed by atoms with Crippen molar-refractivity contribution < 1.29 is 29.3 Å². The van der Waals surface area contributed by atoms with E-state index in [9.17, 15) is 24.6 Å². The number of Topliss-reactive ketones (excluding diaryl/α,β-unsaturated/α-hetero) is 1. The third kappa shape index (κ3) is 4.73. The number of phenols is 1. The average molecular weight is 486 g/mol. The maximum absolute atomic E-state index is 13.3. The highest BCUT2D eigenvalue weighted by Gasteiger charge is 2.46. The maximum atomic E-state index is 13.3. The Morgan fingerprint density at radius 3 is 2.28 bits per heavy atom. The van der Waals surface area contributed by atoms with Crippen LogP contribution in [0.1, 0.15) is 51.1 Å². The number of rotatable bonds is 6. The van der Waals surface area contributed by atoms with E-state index in [0.717, 1.165) is 11.1 Å². The van der Waals surface area contributed by atoms with Gasteiger partial charge in [-0.25, -0.2) is 4.79 Å². The summed E-state index contributed by atoms with van der Waals surface area (Å²) in [6, 6.07) is 17.5. The quantitative estimate of drug-likeness (QED) is 0.225. The summed E-state index contributed by atoms with van der Waals surface area (Å²) in [5, 5.41) is 21.1. The Kier molecular flexibility index (Phi) is 6.92. The molecule has 7 heteroatoms. The van der Waals surface area contributed by atoms with Gasteiger partial charge in [-0.1, -0.05) is 42.0 Å². The van der Waals surface area contributed by atoms with Crippen LogP contribution in [0, 0.1) is 13.8 Å². The molecule has 2 N–H and O–H groups in total. The molecule has 1 heterocycles. The van der Waals surface area contributed by atoms with Gasteiger partial charge in [-0.15, -0.1) is 0 Å². The summed E-state index contributed by atoms with van der Waals surface area (Å²) in [5.74, 6) is -2.17. The van der Waals surface area contributed by atoms with Crippen LogP contribution < -0.4 is 0 Å². The van der Waals surface area contributed by atoms with Crippen LogP contribution in [-0.4, -0.2) is 39.4 Å². The van der Waals surface area contributed by atoms with Gasteiger partial charge in [0.25, 0.3) is 11.7 Å². The predicted molar refractivity (Wildman–Crippen MR) is 134 cm³/mol. The van der Waals surface area contributed by atoms with Crippen LogP contribution in [0.4, 0.5) is 0 Å². The van der Waals surface area contributed by atoms with Crippen molar-refractivity contribution in [2.45, 2.75) is 33.4 Å². The molecular weight excluding hydrogens is 458 g/mol. The first-order valence-corrected chi connectivity index (χ1v) is 11.6. The second-order valence-electron chi connectivity index (χ2n) is 8.75. The number of aromatic hydroxyl groups is 1. The van der Waals surface area contributed by atoms with Gasteiger partial charge in [0.15, 0.2) is 0 Å². The fourth-order valence-corrected chi connectivity index (χ4v) is 4.34. The molecule has 0 spiro atoms. The second kappa shape index (κ2) is 10.1.